The molecule has 0 radical (unpaired) electrons. The van der Waals surface area contributed by atoms with Gasteiger partial charge >= 0.3 is 0 Å². The van der Waals surface area contributed by atoms with Crippen molar-refractivity contribution in [3.63, 3.8) is 0 Å². The summed E-state index contributed by atoms with van der Waals surface area (Å²) in [6.07, 6.45) is 3.91. The Kier molecular flexibility index (Phi) is 6.53. The van der Waals surface area contributed by atoms with Gasteiger partial charge in [0.15, 0.2) is 12.2 Å². The molecule has 3 aromatic rings. The normalized spacial score (nSPS) is 19.2. The lowest BCUT2D eigenvalue weighted by atomic mass is 9.94. The van der Waals surface area contributed by atoms with Gasteiger partial charge in [0.2, 0.25) is 10.0 Å². The summed E-state index contributed by atoms with van der Waals surface area (Å²) in [5.41, 5.74) is 1.53. The lowest BCUT2D eigenvalue weighted by molar-refractivity contribution is 0.102. The average Bonchev–Trinajstić information content (AvgIpc) is 3.33. The van der Waals surface area contributed by atoms with Gasteiger partial charge < -0.3 is 14.5 Å². The van der Waals surface area contributed by atoms with Crippen molar-refractivity contribution in [3.05, 3.63) is 60.6 Å². The van der Waals surface area contributed by atoms with Crippen LogP contribution < -0.4 is 10.1 Å². The Morgan fingerprint density at radius 3 is 2.58 bits per heavy atom. The standard InChI is InChI=1S/C24H27N3O5S/c1-16-9-17(2)14-27(13-16)33(29,30)23-11-19(7-8-21(23)31-3)24(28)26-20-6-4-5-18(10-20)22-12-25-15-32-22/h4-8,10-12,15-17H,9,13-14H2,1-3H3,(H,26,28). The van der Waals surface area contributed by atoms with E-state index in [4.69, 9.17) is 9.15 Å². The van der Waals surface area contributed by atoms with Crippen LogP contribution in [0.15, 0.2) is 64.4 Å². The van der Waals surface area contributed by atoms with Crippen LogP contribution in [0.2, 0.25) is 0 Å². The number of oxazole rings is 1. The van der Waals surface area contributed by atoms with Gasteiger partial charge in [-0.15, -0.1) is 0 Å². The largest absolute Gasteiger partial charge is 0.495 e. The van der Waals surface area contributed by atoms with Crippen molar-refractivity contribution >= 4 is 21.6 Å². The summed E-state index contributed by atoms with van der Waals surface area (Å²) in [4.78, 5) is 16.9. The summed E-state index contributed by atoms with van der Waals surface area (Å²) >= 11 is 0. The molecular weight excluding hydrogens is 442 g/mol. The van der Waals surface area contributed by atoms with Crippen LogP contribution in [0.4, 0.5) is 5.69 Å². The van der Waals surface area contributed by atoms with Gasteiger partial charge in [-0.2, -0.15) is 4.31 Å². The highest BCUT2D eigenvalue weighted by atomic mass is 32.2. The highest BCUT2D eigenvalue weighted by molar-refractivity contribution is 7.89. The fraction of sp³-hybridized carbons (Fsp3) is 0.333. The molecule has 8 nitrogen and oxygen atoms in total. The first-order valence-electron chi connectivity index (χ1n) is 10.8. The molecule has 174 valence electrons. The summed E-state index contributed by atoms with van der Waals surface area (Å²) in [5, 5.41) is 2.82. The van der Waals surface area contributed by atoms with Crippen molar-refractivity contribution in [2.24, 2.45) is 11.8 Å². The number of methoxy groups -OCH3 is 1. The fourth-order valence-electron chi connectivity index (χ4n) is 4.27. The van der Waals surface area contributed by atoms with Gasteiger partial charge in [-0.3, -0.25) is 4.79 Å². The van der Waals surface area contributed by atoms with Crippen molar-refractivity contribution in [2.75, 3.05) is 25.5 Å². The first kappa shape index (κ1) is 23.0. The molecule has 1 saturated heterocycles. The minimum atomic E-state index is -3.83. The predicted octanol–water partition coefficient (Wildman–Crippen LogP) is 4.27. The zero-order valence-corrected chi connectivity index (χ0v) is 19.6. The van der Waals surface area contributed by atoms with Crippen LogP contribution in [-0.2, 0) is 10.0 Å². The second-order valence-electron chi connectivity index (χ2n) is 8.53. The number of carbonyl (C=O) groups excluding carboxylic acids is 1. The van der Waals surface area contributed by atoms with Crippen LogP contribution in [0, 0.1) is 11.8 Å². The van der Waals surface area contributed by atoms with Crippen LogP contribution in [0.25, 0.3) is 11.3 Å². The Hall–Kier alpha value is -3.17. The molecule has 9 heteroatoms. The third-order valence-electron chi connectivity index (χ3n) is 5.72. The lowest BCUT2D eigenvalue weighted by Gasteiger charge is -2.34. The van der Waals surface area contributed by atoms with Crippen molar-refractivity contribution < 1.29 is 22.4 Å². The molecule has 2 heterocycles. The Labute approximate surface area is 193 Å². The summed E-state index contributed by atoms with van der Waals surface area (Å²) < 4.78 is 39.1. The van der Waals surface area contributed by atoms with E-state index in [1.54, 1.807) is 30.5 Å². The van der Waals surface area contributed by atoms with Crippen molar-refractivity contribution in [1.82, 2.24) is 9.29 Å². The van der Waals surface area contributed by atoms with E-state index in [2.05, 4.69) is 10.3 Å². The first-order valence-corrected chi connectivity index (χ1v) is 12.2. The molecule has 0 spiro atoms. The summed E-state index contributed by atoms with van der Waals surface area (Å²) in [7, 11) is -2.41. The number of carbonyl (C=O) groups is 1. The maximum atomic E-state index is 13.5. The first-order chi connectivity index (χ1) is 15.8. The molecule has 1 N–H and O–H groups in total. The van der Waals surface area contributed by atoms with Crippen LogP contribution in [-0.4, -0.2) is 43.8 Å². The number of benzene rings is 2. The molecule has 0 aliphatic carbocycles. The van der Waals surface area contributed by atoms with Gasteiger partial charge in [0, 0.05) is 29.9 Å². The summed E-state index contributed by atoms with van der Waals surface area (Å²) in [6.45, 7) is 4.99. The zero-order valence-electron chi connectivity index (χ0n) is 18.8. The van der Waals surface area contributed by atoms with E-state index in [1.807, 2.05) is 19.9 Å². The number of nitrogens with zero attached hydrogens (tertiary/aromatic N) is 2. The number of sulfonamides is 1. The van der Waals surface area contributed by atoms with E-state index >= 15 is 0 Å². The molecule has 4 rings (SSSR count). The van der Waals surface area contributed by atoms with Gasteiger partial charge in [-0.05, 0) is 48.6 Å². The zero-order chi connectivity index (χ0) is 23.6. The number of nitrogens with one attached hydrogen (secondary N) is 1. The van der Waals surface area contributed by atoms with Gasteiger partial charge in [-0.25, -0.2) is 13.4 Å². The highest BCUT2D eigenvalue weighted by Crippen LogP contribution is 2.32. The van der Waals surface area contributed by atoms with Crippen LogP contribution >= 0.6 is 0 Å². The molecule has 2 aromatic carbocycles. The quantitative estimate of drug-likeness (QED) is 0.579. The minimum Gasteiger partial charge on any atom is -0.495 e. The topological polar surface area (TPSA) is 102 Å². The smallest absolute Gasteiger partial charge is 0.255 e. The second-order valence-corrected chi connectivity index (χ2v) is 10.4. The molecule has 1 amide bonds. The number of ether oxygens (including phenoxy) is 1. The van der Waals surface area contributed by atoms with Crippen LogP contribution in [0.5, 0.6) is 5.75 Å². The predicted molar refractivity (Wildman–Crippen MR) is 125 cm³/mol. The van der Waals surface area contributed by atoms with E-state index in [9.17, 15) is 13.2 Å². The maximum absolute atomic E-state index is 13.5. The number of rotatable bonds is 6. The lowest BCUT2D eigenvalue weighted by Crippen LogP contribution is -2.42. The molecule has 1 aliphatic heterocycles. The Bertz CT molecular complexity index is 1230. The average molecular weight is 470 g/mol. The van der Waals surface area contributed by atoms with Crippen molar-refractivity contribution in [3.8, 4) is 17.1 Å². The third-order valence-corrected chi connectivity index (χ3v) is 7.57. The van der Waals surface area contributed by atoms with Crippen molar-refractivity contribution in [1.29, 1.82) is 0 Å². The fourth-order valence-corrected chi connectivity index (χ4v) is 6.13. The van der Waals surface area contributed by atoms with Gasteiger partial charge in [0.25, 0.3) is 5.91 Å². The molecule has 33 heavy (non-hydrogen) atoms. The van der Waals surface area contributed by atoms with E-state index in [0.29, 0.717) is 24.5 Å². The molecule has 2 unspecified atom stereocenters. The van der Waals surface area contributed by atoms with E-state index < -0.39 is 15.9 Å². The molecule has 0 saturated carbocycles. The number of piperidine rings is 1. The molecular formula is C24H27N3O5S. The number of hydrogen-bond acceptors (Lipinski definition) is 6. The third kappa shape index (κ3) is 4.94. The Morgan fingerprint density at radius 2 is 1.91 bits per heavy atom. The number of hydrogen-bond donors (Lipinski definition) is 1. The van der Waals surface area contributed by atoms with Crippen molar-refractivity contribution in [2.45, 2.75) is 25.2 Å². The van der Waals surface area contributed by atoms with Crippen LogP contribution in [0.1, 0.15) is 30.6 Å². The number of amides is 1. The second kappa shape index (κ2) is 9.36. The summed E-state index contributed by atoms with van der Waals surface area (Å²) in [6, 6.07) is 11.6. The Morgan fingerprint density at radius 1 is 1.15 bits per heavy atom. The van der Waals surface area contributed by atoms with E-state index in [-0.39, 0.29) is 28.0 Å². The highest BCUT2D eigenvalue weighted by Gasteiger charge is 2.34. The van der Waals surface area contributed by atoms with Gasteiger partial charge in [-0.1, -0.05) is 26.0 Å². The van der Waals surface area contributed by atoms with E-state index in [0.717, 1.165) is 12.0 Å². The number of anilines is 1. The monoisotopic (exact) mass is 469 g/mol. The maximum Gasteiger partial charge on any atom is 0.255 e. The SMILES string of the molecule is COc1ccc(C(=O)Nc2cccc(-c3cnco3)c2)cc1S(=O)(=O)N1CC(C)CC(C)C1. The van der Waals surface area contributed by atoms with E-state index in [1.165, 1.54) is 29.9 Å². The molecule has 1 fully saturated rings. The van der Waals surface area contributed by atoms with Crippen LogP contribution in [0.3, 0.4) is 0 Å². The summed E-state index contributed by atoms with van der Waals surface area (Å²) in [5.74, 6) is 0.887. The minimum absolute atomic E-state index is 0.00522. The molecule has 1 aliphatic rings. The van der Waals surface area contributed by atoms with Gasteiger partial charge in [0.1, 0.15) is 10.6 Å². The molecule has 0 bridgehead atoms. The number of aromatic nitrogens is 1. The molecule has 1 aromatic heterocycles. The molecule has 2 atom stereocenters. The Balaban J connectivity index is 1.61. The van der Waals surface area contributed by atoms with Gasteiger partial charge in [0.05, 0.1) is 13.3 Å².